The third kappa shape index (κ3) is 6.63. The van der Waals surface area contributed by atoms with E-state index in [0.29, 0.717) is 5.75 Å². The smallest absolute Gasteiger partial charge is 0.241 e. The number of sulfonamides is 1. The molecule has 3 aromatic carbocycles. The number of hydrogen-bond acceptors (Lipinski definition) is 4. The highest BCUT2D eigenvalue weighted by atomic mass is 35.5. The van der Waals surface area contributed by atoms with Crippen molar-refractivity contribution in [2.75, 3.05) is 7.11 Å². The molecule has 0 aliphatic heterocycles. The zero-order valence-corrected chi connectivity index (χ0v) is 22.1. The maximum atomic E-state index is 13.4. The van der Waals surface area contributed by atoms with Gasteiger partial charge in [0.05, 0.1) is 23.1 Å². The number of ether oxygens (including phenoxy) is 1. The van der Waals surface area contributed by atoms with Gasteiger partial charge in [-0.15, -0.1) is 0 Å². The number of nitrogens with one attached hydrogen (secondary N) is 2. The highest BCUT2D eigenvalue weighted by molar-refractivity contribution is 7.89. The van der Waals surface area contributed by atoms with Crippen LogP contribution in [0.4, 0.5) is 0 Å². The maximum Gasteiger partial charge on any atom is 0.241 e. The van der Waals surface area contributed by atoms with E-state index in [1.807, 2.05) is 58.0 Å². The number of hydrogen-bond donors (Lipinski definition) is 2. The highest BCUT2D eigenvalue weighted by Gasteiger charge is 2.28. The van der Waals surface area contributed by atoms with Crippen LogP contribution in [0.1, 0.15) is 40.8 Å². The zero-order chi connectivity index (χ0) is 25.8. The van der Waals surface area contributed by atoms with E-state index < -0.39 is 22.0 Å². The molecule has 8 heteroatoms. The molecule has 0 aliphatic carbocycles. The highest BCUT2D eigenvalue weighted by Crippen LogP contribution is 2.27. The standard InChI is InChI=1S/C27H31ClN2O4S/c1-17-13-19(3)23(14-18(17)2)20(4)29-27(31)25(15-21-9-7-6-8-10-21)30-35(32,33)22-11-12-26(34-5)24(28)16-22/h6-14,16,20,25,30H,15H2,1-5H3,(H,29,31)/t20-,25+/m0/s1. The molecule has 1 amide bonds. The molecular weight excluding hydrogens is 484 g/mol. The Morgan fingerprint density at radius 2 is 1.63 bits per heavy atom. The van der Waals surface area contributed by atoms with Gasteiger partial charge in [0.1, 0.15) is 11.8 Å². The molecule has 0 aromatic heterocycles. The van der Waals surface area contributed by atoms with Crippen molar-refractivity contribution < 1.29 is 17.9 Å². The molecule has 2 N–H and O–H groups in total. The van der Waals surface area contributed by atoms with E-state index in [1.54, 1.807) is 0 Å². The largest absolute Gasteiger partial charge is 0.495 e. The number of methoxy groups -OCH3 is 1. The van der Waals surface area contributed by atoms with Gasteiger partial charge in [0.2, 0.25) is 15.9 Å². The molecule has 35 heavy (non-hydrogen) atoms. The van der Waals surface area contributed by atoms with Gasteiger partial charge in [0.15, 0.2) is 0 Å². The number of rotatable bonds is 9. The molecule has 3 aromatic rings. The van der Waals surface area contributed by atoms with Crippen LogP contribution in [0, 0.1) is 20.8 Å². The lowest BCUT2D eigenvalue weighted by molar-refractivity contribution is -0.123. The Kier molecular flexibility index (Phi) is 8.59. The molecule has 0 saturated heterocycles. The molecular formula is C27H31ClN2O4S. The second kappa shape index (κ2) is 11.2. The van der Waals surface area contributed by atoms with Crippen molar-refractivity contribution in [3.63, 3.8) is 0 Å². The number of carbonyl (C=O) groups excluding carboxylic acids is 1. The number of amides is 1. The van der Waals surface area contributed by atoms with Gasteiger partial charge in [-0.3, -0.25) is 4.79 Å². The Morgan fingerprint density at radius 1 is 0.971 bits per heavy atom. The molecule has 6 nitrogen and oxygen atoms in total. The first-order chi connectivity index (χ1) is 16.5. The van der Waals surface area contributed by atoms with Crippen LogP contribution in [0.2, 0.25) is 5.02 Å². The fourth-order valence-electron chi connectivity index (χ4n) is 3.95. The third-order valence-electron chi connectivity index (χ3n) is 6.04. The average Bonchev–Trinajstić information content (AvgIpc) is 2.81. The normalized spacial score (nSPS) is 13.2. The summed E-state index contributed by atoms with van der Waals surface area (Å²) in [6.45, 7) is 7.97. The van der Waals surface area contributed by atoms with Gasteiger partial charge in [0.25, 0.3) is 0 Å². The predicted octanol–water partition coefficient (Wildman–Crippen LogP) is 5.04. The van der Waals surface area contributed by atoms with E-state index >= 15 is 0 Å². The molecule has 3 rings (SSSR count). The lowest BCUT2D eigenvalue weighted by atomic mass is 9.96. The van der Waals surface area contributed by atoms with E-state index in [4.69, 9.17) is 16.3 Å². The van der Waals surface area contributed by atoms with Crippen molar-refractivity contribution in [1.82, 2.24) is 10.0 Å². The summed E-state index contributed by atoms with van der Waals surface area (Å²) in [6.07, 6.45) is 0.189. The number of benzene rings is 3. The van der Waals surface area contributed by atoms with Crippen LogP contribution in [-0.4, -0.2) is 27.5 Å². The van der Waals surface area contributed by atoms with E-state index in [2.05, 4.69) is 22.2 Å². The summed E-state index contributed by atoms with van der Waals surface area (Å²) in [5.74, 6) is -0.0519. The van der Waals surface area contributed by atoms with Gasteiger partial charge in [-0.05, 0) is 80.1 Å². The number of aryl methyl sites for hydroxylation is 3. The van der Waals surface area contributed by atoms with Crippen molar-refractivity contribution in [2.24, 2.45) is 0 Å². The molecule has 186 valence electrons. The number of carbonyl (C=O) groups is 1. The summed E-state index contributed by atoms with van der Waals surface area (Å²) >= 11 is 6.14. The Hall–Kier alpha value is -2.87. The first-order valence-corrected chi connectivity index (χ1v) is 13.2. The van der Waals surface area contributed by atoms with Crippen LogP contribution in [0.5, 0.6) is 5.75 Å². The second-order valence-electron chi connectivity index (χ2n) is 8.68. The molecule has 0 heterocycles. The lowest BCUT2D eigenvalue weighted by Gasteiger charge is -2.23. The van der Waals surface area contributed by atoms with Crippen LogP contribution in [0.3, 0.4) is 0 Å². The zero-order valence-electron chi connectivity index (χ0n) is 20.6. The summed E-state index contributed by atoms with van der Waals surface area (Å²) in [5.41, 5.74) is 5.19. The van der Waals surface area contributed by atoms with Crippen LogP contribution < -0.4 is 14.8 Å². The van der Waals surface area contributed by atoms with E-state index in [1.165, 1.54) is 30.9 Å². The average molecular weight is 515 g/mol. The van der Waals surface area contributed by atoms with Crippen molar-refractivity contribution in [2.45, 2.75) is 51.1 Å². The summed E-state index contributed by atoms with van der Waals surface area (Å²) in [7, 11) is -2.59. The third-order valence-corrected chi connectivity index (χ3v) is 7.80. The Bertz CT molecular complexity index is 1310. The minimum Gasteiger partial charge on any atom is -0.495 e. The molecule has 2 atom stereocenters. The summed E-state index contributed by atoms with van der Waals surface area (Å²) in [4.78, 5) is 13.3. The maximum absolute atomic E-state index is 13.4. The summed E-state index contributed by atoms with van der Waals surface area (Å²) < 4.78 is 34.1. The molecule has 0 fully saturated rings. The second-order valence-corrected chi connectivity index (χ2v) is 10.8. The molecule has 0 unspecified atom stereocenters. The fraction of sp³-hybridized carbons (Fsp3) is 0.296. The Balaban J connectivity index is 1.88. The Labute approximate surface area is 212 Å². The van der Waals surface area contributed by atoms with Gasteiger partial charge < -0.3 is 10.1 Å². The summed E-state index contributed by atoms with van der Waals surface area (Å²) in [5, 5.41) is 3.16. The monoisotopic (exact) mass is 514 g/mol. The van der Waals surface area contributed by atoms with Gasteiger partial charge in [-0.1, -0.05) is 54.1 Å². The van der Waals surface area contributed by atoms with E-state index in [9.17, 15) is 13.2 Å². The van der Waals surface area contributed by atoms with Crippen LogP contribution in [0.15, 0.2) is 65.6 Å². The first-order valence-electron chi connectivity index (χ1n) is 11.3. The molecule has 0 spiro atoms. The van der Waals surface area contributed by atoms with Gasteiger partial charge in [-0.2, -0.15) is 4.72 Å². The van der Waals surface area contributed by atoms with Crippen LogP contribution in [-0.2, 0) is 21.2 Å². The molecule has 0 radical (unpaired) electrons. The van der Waals surface area contributed by atoms with E-state index in [0.717, 1.165) is 22.3 Å². The van der Waals surface area contributed by atoms with Crippen LogP contribution >= 0.6 is 11.6 Å². The fourth-order valence-corrected chi connectivity index (χ4v) is 5.49. The van der Waals surface area contributed by atoms with Gasteiger partial charge in [-0.25, -0.2) is 8.42 Å². The van der Waals surface area contributed by atoms with Crippen molar-refractivity contribution >= 4 is 27.5 Å². The van der Waals surface area contributed by atoms with Gasteiger partial charge >= 0.3 is 0 Å². The SMILES string of the molecule is COc1ccc(S(=O)(=O)N[C@H](Cc2ccccc2)C(=O)N[C@@H](C)c2cc(C)c(C)cc2C)cc1Cl. The van der Waals surface area contributed by atoms with Gasteiger partial charge in [0, 0.05) is 0 Å². The first kappa shape index (κ1) is 26.7. The van der Waals surface area contributed by atoms with Crippen molar-refractivity contribution in [3.8, 4) is 5.75 Å². The molecule has 0 bridgehead atoms. The van der Waals surface area contributed by atoms with E-state index in [-0.39, 0.29) is 22.4 Å². The number of halogens is 1. The minimum atomic E-state index is -4.04. The lowest BCUT2D eigenvalue weighted by Crippen LogP contribution is -2.48. The van der Waals surface area contributed by atoms with Crippen molar-refractivity contribution in [1.29, 1.82) is 0 Å². The van der Waals surface area contributed by atoms with Crippen LogP contribution in [0.25, 0.3) is 0 Å². The summed E-state index contributed by atoms with van der Waals surface area (Å²) in [6, 6.07) is 16.3. The van der Waals surface area contributed by atoms with Crippen molar-refractivity contribution in [3.05, 3.63) is 93.5 Å². The topological polar surface area (TPSA) is 84.5 Å². The molecule has 0 aliphatic rings. The quantitative estimate of drug-likeness (QED) is 0.419. The molecule has 0 saturated carbocycles. The predicted molar refractivity (Wildman–Crippen MR) is 139 cm³/mol. The minimum absolute atomic E-state index is 0.0489. The Morgan fingerprint density at radius 3 is 2.26 bits per heavy atom.